The Hall–Kier alpha value is -3.00. The third kappa shape index (κ3) is 3.33. The van der Waals surface area contributed by atoms with Gasteiger partial charge >= 0.3 is 0 Å². The van der Waals surface area contributed by atoms with E-state index < -0.39 is 5.92 Å². The standard InChI is InChI=1S/C19H17N3O2/c20-12-16(17-4-1-2-10-21-17)19(24)15-8-6-14(7-9-15)13-22-11-3-5-18(22)23/h1-2,4,6-10,16H,3,5,11,13H2/t16-/m0/s1. The lowest BCUT2D eigenvalue weighted by Crippen LogP contribution is -2.23. The van der Waals surface area contributed by atoms with Crippen LogP contribution in [-0.4, -0.2) is 28.1 Å². The molecule has 1 aliphatic rings. The predicted octanol–water partition coefficient (Wildman–Crippen LogP) is 2.69. The number of hydrogen-bond acceptors (Lipinski definition) is 4. The van der Waals surface area contributed by atoms with Gasteiger partial charge in [-0.05, 0) is 24.1 Å². The molecule has 0 aliphatic carbocycles. The highest BCUT2D eigenvalue weighted by atomic mass is 16.2. The van der Waals surface area contributed by atoms with Gasteiger partial charge in [0.2, 0.25) is 5.91 Å². The molecule has 2 heterocycles. The molecule has 0 saturated carbocycles. The Morgan fingerprint density at radius 1 is 1.25 bits per heavy atom. The van der Waals surface area contributed by atoms with Crippen LogP contribution in [0.5, 0.6) is 0 Å². The molecule has 24 heavy (non-hydrogen) atoms. The molecule has 3 rings (SSSR count). The zero-order valence-corrected chi connectivity index (χ0v) is 13.2. The number of carbonyl (C=O) groups is 2. The Labute approximate surface area is 140 Å². The van der Waals surface area contributed by atoms with E-state index in [4.69, 9.17) is 0 Å². The maximum atomic E-state index is 12.6. The molecule has 1 aromatic heterocycles. The molecule has 0 bridgehead atoms. The van der Waals surface area contributed by atoms with Gasteiger partial charge in [-0.15, -0.1) is 0 Å². The number of hydrogen-bond donors (Lipinski definition) is 0. The minimum Gasteiger partial charge on any atom is -0.338 e. The van der Waals surface area contributed by atoms with Gasteiger partial charge in [0.1, 0.15) is 0 Å². The van der Waals surface area contributed by atoms with E-state index in [-0.39, 0.29) is 11.7 Å². The van der Waals surface area contributed by atoms with Gasteiger partial charge in [-0.3, -0.25) is 14.6 Å². The maximum Gasteiger partial charge on any atom is 0.222 e. The molecule has 0 spiro atoms. The summed E-state index contributed by atoms with van der Waals surface area (Å²) in [6.45, 7) is 1.35. The topological polar surface area (TPSA) is 74.1 Å². The van der Waals surface area contributed by atoms with Crippen molar-refractivity contribution in [3.63, 3.8) is 0 Å². The number of ketones is 1. The minimum atomic E-state index is -0.905. The molecule has 5 heteroatoms. The normalized spacial score (nSPS) is 15.1. The number of likely N-dealkylation sites (tertiary alicyclic amines) is 1. The van der Waals surface area contributed by atoms with Gasteiger partial charge < -0.3 is 4.90 Å². The third-order valence-electron chi connectivity index (χ3n) is 4.16. The molecule has 0 unspecified atom stereocenters. The van der Waals surface area contributed by atoms with Crippen molar-refractivity contribution < 1.29 is 9.59 Å². The van der Waals surface area contributed by atoms with Crippen LogP contribution in [0.2, 0.25) is 0 Å². The van der Waals surface area contributed by atoms with Crippen molar-refractivity contribution in [2.45, 2.75) is 25.3 Å². The van der Waals surface area contributed by atoms with Crippen LogP contribution in [0.3, 0.4) is 0 Å². The quantitative estimate of drug-likeness (QED) is 0.794. The Kier molecular flexibility index (Phi) is 4.66. The highest BCUT2D eigenvalue weighted by molar-refractivity contribution is 6.02. The van der Waals surface area contributed by atoms with Crippen molar-refractivity contribution >= 4 is 11.7 Å². The van der Waals surface area contributed by atoms with Crippen LogP contribution in [0.25, 0.3) is 0 Å². The summed E-state index contributed by atoms with van der Waals surface area (Å²) in [7, 11) is 0. The van der Waals surface area contributed by atoms with E-state index in [2.05, 4.69) is 4.98 Å². The number of benzene rings is 1. The lowest BCUT2D eigenvalue weighted by atomic mass is 9.95. The van der Waals surface area contributed by atoms with Gasteiger partial charge in [0.15, 0.2) is 11.7 Å². The molecule has 1 fully saturated rings. The van der Waals surface area contributed by atoms with Gasteiger partial charge in [-0.1, -0.05) is 30.3 Å². The van der Waals surface area contributed by atoms with E-state index in [0.717, 1.165) is 18.5 Å². The minimum absolute atomic E-state index is 0.176. The summed E-state index contributed by atoms with van der Waals surface area (Å²) in [6.07, 6.45) is 3.09. The first-order chi connectivity index (χ1) is 11.7. The van der Waals surface area contributed by atoms with Crippen LogP contribution in [0.1, 0.15) is 40.4 Å². The molecule has 120 valence electrons. The Morgan fingerprint density at radius 2 is 2.04 bits per heavy atom. The van der Waals surface area contributed by atoms with Crippen LogP contribution < -0.4 is 0 Å². The average molecular weight is 319 g/mol. The number of carbonyl (C=O) groups excluding carboxylic acids is 2. The molecule has 5 nitrogen and oxygen atoms in total. The fourth-order valence-electron chi connectivity index (χ4n) is 2.84. The van der Waals surface area contributed by atoms with Crippen LogP contribution in [0, 0.1) is 11.3 Å². The van der Waals surface area contributed by atoms with E-state index in [1.54, 1.807) is 36.5 Å². The number of nitriles is 1. The monoisotopic (exact) mass is 319 g/mol. The van der Waals surface area contributed by atoms with Crippen molar-refractivity contribution in [2.75, 3.05) is 6.54 Å². The van der Waals surface area contributed by atoms with Crippen molar-refractivity contribution in [2.24, 2.45) is 0 Å². The smallest absolute Gasteiger partial charge is 0.222 e. The van der Waals surface area contributed by atoms with E-state index in [1.807, 2.05) is 23.1 Å². The van der Waals surface area contributed by atoms with E-state index in [1.165, 1.54) is 0 Å². The van der Waals surface area contributed by atoms with E-state index >= 15 is 0 Å². The Balaban J connectivity index is 1.74. The molecular weight excluding hydrogens is 302 g/mol. The summed E-state index contributed by atoms with van der Waals surface area (Å²) in [5.41, 5.74) is 1.91. The number of nitrogens with zero attached hydrogens (tertiary/aromatic N) is 3. The average Bonchev–Trinajstić information content (AvgIpc) is 3.02. The summed E-state index contributed by atoms with van der Waals surface area (Å²) in [4.78, 5) is 30.2. The zero-order chi connectivity index (χ0) is 16.9. The van der Waals surface area contributed by atoms with Crippen LogP contribution in [0.15, 0.2) is 48.7 Å². The SMILES string of the molecule is N#C[C@H](C(=O)c1ccc(CN2CCCC2=O)cc1)c1ccccn1. The lowest BCUT2D eigenvalue weighted by Gasteiger charge is -2.15. The molecular formula is C19H17N3O2. The second kappa shape index (κ2) is 7.05. The molecule has 2 aromatic rings. The Morgan fingerprint density at radius 3 is 2.62 bits per heavy atom. The first kappa shape index (κ1) is 15.9. The summed E-state index contributed by atoms with van der Waals surface area (Å²) in [5.74, 6) is -0.993. The van der Waals surface area contributed by atoms with Gasteiger partial charge in [0.05, 0.1) is 11.8 Å². The number of amides is 1. The molecule has 1 aromatic carbocycles. The lowest BCUT2D eigenvalue weighted by molar-refractivity contribution is -0.128. The maximum absolute atomic E-state index is 12.6. The van der Waals surface area contributed by atoms with E-state index in [9.17, 15) is 14.9 Å². The molecule has 1 saturated heterocycles. The molecule has 0 N–H and O–H groups in total. The van der Waals surface area contributed by atoms with Gasteiger partial charge in [0, 0.05) is 31.3 Å². The molecule has 1 amide bonds. The Bertz CT molecular complexity index is 779. The fraction of sp³-hybridized carbons (Fsp3) is 0.263. The van der Waals surface area contributed by atoms with Gasteiger partial charge in [0.25, 0.3) is 0 Å². The van der Waals surface area contributed by atoms with Crippen molar-refractivity contribution in [3.05, 3.63) is 65.5 Å². The van der Waals surface area contributed by atoms with Gasteiger partial charge in [-0.2, -0.15) is 5.26 Å². The van der Waals surface area contributed by atoms with Crippen LogP contribution in [-0.2, 0) is 11.3 Å². The predicted molar refractivity (Wildman–Crippen MR) is 88.0 cm³/mol. The molecule has 0 radical (unpaired) electrons. The summed E-state index contributed by atoms with van der Waals surface area (Å²) in [5, 5.41) is 9.33. The van der Waals surface area contributed by atoms with Gasteiger partial charge in [-0.25, -0.2) is 0 Å². The summed E-state index contributed by atoms with van der Waals surface area (Å²) >= 11 is 0. The number of pyridine rings is 1. The van der Waals surface area contributed by atoms with Crippen molar-refractivity contribution in [3.8, 4) is 6.07 Å². The first-order valence-electron chi connectivity index (χ1n) is 7.90. The van der Waals surface area contributed by atoms with E-state index in [0.29, 0.717) is 24.2 Å². The van der Waals surface area contributed by atoms with Crippen molar-refractivity contribution in [1.82, 2.24) is 9.88 Å². The van der Waals surface area contributed by atoms with Crippen LogP contribution in [0.4, 0.5) is 0 Å². The highest BCUT2D eigenvalue weighted by Crippen LogP contribution is 2.20. The summed E-state index contributed by atoms with van der Waals surface area (Å²) < 4.78 is 0. The number of Topliss-reactive ketones (excluding diaryl/α,β-unsaturated/α-hetero) is 1. The number of aromatic nitrogens is 1. The number of rotatable bonds is 5. The van der Waals surface area contributed by atoms with Crippen LogP contribution >= 0.6 is 0 Å². The first-order valence-corrected chi connectivity index (χ1v) is 7.90. The largest absolute Gasteiger partial charge is 0.338 e. The highest BCUT2D eigenvalue weighted by Gasteiger charge is 2.23. The third-order valence-corrected chi connectivity index (χ3v) is 4.16. The zero-order valence-electron chi connectivity index (χ0n) is 13.2. The molecule has 1 aliphatic heterocycles. The molecule has 1 atom stereocenters. The van der Waals surface area contributed by atoms with Crippen molar-refractivity contribution in [1.29, 1.82) is 5.26 Å². The second-order valence-corrected chi connectivity index (χ2v) is 5.80. The summed E-state index contributed by atoms with van der Waals surface area (Å²) in [6, 6.07) is 14.3. The fourth-order valence-corrected chi connectivity index (χ4v) is 2.84. The second-order valence-electron chi connectivity index (χ2n) is 5.80.